The molecule has 29 heavy (non-hydrogen) atoms. The molecule has 1 saturated heterocycles. The van der Waals surface area contributed by atoms with Gasteiger partial charge >= 0.3 is 0 Å². The van der Waals surface area contributed by atoms with Crippen LogP contribution in [-0.2, 0) is 4.74 Å². The summed E-state index contributed by atoms with van der Waals surface area (Å²) in [4.78, 5) is 20.7. The zero-order valence-corrected chi connectivity index (χ0v) is 16.0. The van der Waals surface area contributed by atoms with E-state index in [-0.39, 0.29) is 16.3 Å². The molecule has 1 aliphatic heterocycles. The van der Waals surface area contributed by atoms with Gasteiger partial charge in [0.15, 0.2) is 0 Å². The fraction of sp³-hybridized carbons (Fsp3) is 0.250. The van der Waals surface area contributed by atoms with E-state index >= 15 is 0 Å². The second kappa shape index (κ2) is 8.62. The standard InChI is InChI=1S/C20H17F2N3O3S/c21-13-2-1-3-14(22)18(13)20-25-16(11-29-20)19(26)24-15-8-23-6-4-17(15)28-10-12-5-7-27-9-12/h1-4,6,8,11-12H,5,7,9-10H2,(H,24,26). The molecule has 0 radical (unpaired) electrons. The molecule has 1 N–H and O–H groups in total. The number of thiazole rings is 1. The highest BCUT2D eigenvalue weighted by Crippen LogP contribution is 2.30. The van der Waals surface area contributed by atoms with Crippen molar-refractivity contribution in [1.29, 1.82) is 0 Å². The Morgan fingerprint density at radius 3 is 2.90 bits per heavy atom. The summed E-state index contributed by atoms with van der Waals surface area (Å²) in [5.41, 5.74) is 0.190. The molecule has 3 aromatic rings. The van der Waals surface area contributed by atoms with Crippen molar-refractivity contribution in [3.63, 3.8) is 0 Å². The van der Waals surface area contributed by atoms with Gasteiger partial charge in [-0.1, -0.05) is 6.07 Å². The van der Waals surface area contributed by atoms with Crippen molar-refractivity contribution in [3.05, 3.63) is 59.4 Å². The number of ether oxygens (including phenoxy) is 2. The van der Waals surface area contributed by atoms with Crippen molar-refractivity contribution in [2.45, 2.75) is 6.42 Å². The summed E-state index contributed by atoms with van der Waals surface area (Å²) in [6.45, 7) is 1.85. The third-order valence-corrected chi connectivity index (χ3v) is 5.30. The average Bonchev–Trinajstić information content (AvgIpc) is 3.39. The van der Waals surface area contributed by atoms with Gasteiger partial charge in [-0.25, -0.2) is 13.8 Å². The SMILES string of the molecule is O=C(Nc1cnccc1OCC1CCOC1)c1csc(-c2c(F)cccc2F)n1. The number of hydrogen-bond acceptors (Lipinski definition) is 6. The number of carbonyl (C=O) groups is 1. The highest BCUT2D eigenvalue weighted by molar-refractivity contribution is 7.13. The molecule has 1 aromatic carbocycles. The molecule has 9 heteroatoms. The third kappa shape index (κ3) is 4.41. The van der Waals surface area contributed by atoms with Crippen molar-refractivity contribution in [1.82, 2.24) is 9.97 Å². The van der Waals surface area contributed by atoms with Crippen molar-refractivity contribution in [3.8, 4) is 16.3 Å². The van der Waals surface area contributed by atoms with Gasteiger partial charge in [-0.2, -0.15) is 0 Å². The number of pyridine rings is 1. The van der Waals surface area contributed by atoms with E-state index in [9.17, 15) is 13.6 Å². The van der Waals surface area contributed by atoms with Crippen molar-refractivity contribution < 1.29 is 23.0 Å². The quantitative estimate of drug-likeness (QED) is 0.652. The Bertz CT molecular complexity index is 1000. The fourth-order valence-electron chi connectivity index (χ4n) is 2.91. The van der Waals surface area contributed by atoms with Crippen LogP contribution < -0.4 is 10.1 Å². The predicted octanol–water partition coefficient (Wildman–Crippen LogP) is 4.15. The zero-order valence-electron chi connectivity index (χ0n) is 15.2. The molecular formula is C20H17F2N3O3S. The minimum Gasteiger partial charge on any atom is -0.491 e. The smallest absolute Gasteiger partial charge is 0.275 e. The second-order valence-electron chi connectivity index (χ2n) is 6.50. The molecule has 150 valence electrons. The minimum atomic E-state index is -0.731. The summed E-state index contributed by atoms with van der Waals surface area (Å²) < 4.78 is 39.0. The van der Waals surface area contributed by atoms with Gasteiger partial charge in [-0.15, -0.1) is 11.3 Å². The van der Waals surface area contributed by atoms with Crippen LogP contribution in [0.15, 0.2) is 42.0 Å². The lowest BCUT2D eigenvalue weighted by molar-refractivity contribution is 0.102. The van der Waals surface area contributed by atoms with Gasteiger partial charge in [0.2, 0.25) is 0 Å². The summed E-state index contributed by atoms with van der Waals surface area (Å²) in [6, 6.07) is 5.23. The van der Waals surface area contributed by atoms with Gasteiger partial charge in [-0.3, -0.25) is 9.78 Å². The molecule has 1 aliphatic rings. The Morgan fingerprint density at radius 1 is 1.31 bits per heavy atom. The maximum atomic E-state index is 14.0. The van der Waals surface area contributed by atoms with Crippen LogP contribution in [0.1, 0.15) is 16.9 Å². The zero-order chi connectivity index (χ0) is 20.2. The summed E-state index contributed by atoms with van der Waals surface area (Å²) in [7, 11) is 0. The van der Waals surface area contributed by atoms with Gasteiger partial charge in [-0.05, 0) is 18.6 Å². The monoisotopic (exact) mass is 417 g/mol. The third-order valence-electron chi connectivity index (χ3n) is 4.44. The van der Waals surface area contributed by atoms with E-state index in [1.807, 2.05) is 0 Å². The molecule has 1 fully saturated rings. The Labute approximate surface area is 169 Å². The number of anilines is 1. The van der Waals surface area contributed by atoms with Crippen LogP contribution in [0.25, 0.3) is 10.6 Å². The largest absolute Gasteiger partial charge is 0.491 e. The first kappa shape index (κ1) is 19.4. The van der Waals surface area contributed by atoms with Crippen LogP contribution in [-0.4, -0.2) is 35.7 Å². The van der Waals surface area contributed by atoms with Gasteiger partial charge < -0.3 is 14.8 Å². The molecule has 0 saturated carbocycles. The first-order chi connectivity index (χ1) is 14.1. The first-order valence-electron chi connectivity index (χ1n) is 8.97. The summed E-state index contributed by atoms with van der Waals surface area (Å²) in [5, 5.41) is 4.24. The molecule has 6 nitrogen and oxygen atoms in total. The lowest BCUT2D eigenvalue weighted by atomic mass is 10.1. The maximum Gasteiger partial charge on any atom is 0.275 e. The summed E-state index contributed by atoms with van der Waals surface area (Å²) in [5.74, 6) is -1.19. The molecule has 0 aliphatic carbocycles. The fourth-order valence-corrected chi connectivity index (χ4v) is 3.75. The Balaban J connectivity index is 1.48. The van der Waals surface area contributed by atoms with E-state index in [2.05, 4.69) is 15.3 Å². The van der Waals surface area contributed by atoms with Gasteiger partial charge in [0, 0.05) is 30.2 Å². The van der Waals surface area contributed by atoms with Crippen molar-refractivity contribution in [2.75, 3.05) is 25.1 Å². The summed E-state index contributed by atoms with van der Waals surface area (Å²) >= 11 is 0.988. The average molecular weight is 417 g/mol. The number of benzene rings is 1. The van der Waals surface area contributed by atoms with Crippen LogP contribution in [0.4, 0.5) is 14.5 Å². The van der Waals surface area contributed by atoms with E-state index in [1.165, 1.54) is 17.6 Å². The number of halogens is 2. The van der Waals surface area contributed by atoms with Crippen LogP contribution >= 0.6 is 11.3 Å². The number of aromatic nitrogens is 2. The number of rotatable bonds is 6. The topological polar surface area (TPSA) is 73.3 Å². The highest BCUT2D eigenvalue weighted by atomic mass is 32.1. The lowest BCUT2D eigenvalue weighted by Crippen LogP contribution is -2.16. The van der Waals surface area contributed by atoms with E-state index < -0.39 is 17.5 Å². The Kier molecular flexibility index (Phi) is 5.77. The normalized spacial score (nSPS) is 16.0. The molecule has 2 aromatic heterocycles. The van der Waals surface area contributed by atoms with Gasteiger partial charge in [0.1, 0.15) is 33.8 Å². The van der Waals surface area contributed by atoms with Gasteiger partial charge in [0.25, 0.3) is 5.91 Å². The van der Waals surface area contributed by atoms with Crippen LogP contribution in [0.5, 0.6) is 5.75 Å². The summed E-state index contributed by atoms with van der Waals surface area (Å²) in [6.07, 6.45) is 3.97. The number of nitrogens with one attached hydrogen (secondary N) is 1. The van der Waals surface area contributed by atoms with E-state index in [1.54, 1.807) is 12.3 Å². The van der Waals surface area contributed by atoms with E-state index in [0.717, 1.165) is 36.5 Å². The van der Waals surface area contributed by atoms with Gasteiger partial charge in [0.05, 0.1) is 25.0 Å². The Hall–Kier alpha value is -2.91. The van der Waals surface area contributed by atoms with Crippen LogP contribution in [0, 0.1) is 17.6 Å². The molecule has 1 unspecified atom stereocenters. The number of nitrogens with zero attached hydrogens (tertiary/aromatic N) is 2. The molecule has 0 bridgehead atoms. The number of carbonyl (C=O) groups excluding carboxylic acids is 1. The number of amides is 1. The molecule has 0 spiro atoms. The number of hydrogen-bond donors (Lipinski definition) is 1. The van der Waals surface area contributed by atoms with Crippen LogP contribution in [0.3, 0.4) is 0 Å². The Morgan fingerprint density at radius 2 is 2.14 bits per heavy atom. The molecule has 1 amide bonds. The molecular weight excluding hydrogens is 400 g/mol. The van der Waals surface area contributed by atoms with Crippen molar-refractivity contribution in [2.24, 2.45) is 5.92 Å². The van der Waals surface area contributed by atoms with E-state index in [0.29, 0.717) is 30.6 Å². The molecule has 3 heterocycles. The maximum absolute atomic E-state index is 14.0. The highest BCUT2D eigenvalue weighted by Gasteiger charge is 2.20. The lowest BCUT2D eigenvalue weighted by Gasteiger charge is -2.13. The minimum absolute atomic E-state index is 0.0478. The van der Waals surface area contributed by atoms with Crippen molar-refractivity contribution >= 4 is 22.9 Å². The van der Waals surface area contributed by atoms with E-state index in [4.69, 9.17) is 9.47 Å². The predicted molar refractivity (Wildman–Crippen MR) is 104 cm³/mol. The molecule has 1 atom stereocenters. The first-order valence-corrected chi connectivity index (χ1v) is 9.85. The second-order valence-corrected chi connectivity index (χ2v) is 7.36. The van der Waals surface area contributed by atoms with Crippen LogP contribution in [0.2, 0.25) is 0 Å². The molecule has 4 rings (SSSR count).